The van der Waals surface area contributed by atoms with E-state index in [9.17, 15) is 19.8 Å². The smallest absolute Gasteiger partial charge is 0.224 e. The number of anilines is 2. The van der Waals surface area contributed by atoms with E-state index in [-0.39, 0.29) is 49.6 Å². The normalized spacial score (nSPS) is 22.0. The molecule has 4 atom stereocenters. The third-order valence-electron chi connectivity index (χ3n) is 8.11. The number of carbonyl (C=O) groups excluding carboxylic acids is 2. The van der Waals surface area contributed by atoms with Crippen LogP contribution in [0, 0.1) is 0 Å². The molecule has 10 nitrogen and oxygen atoms in total. The number of nitrogen functional groups attached to an aromatic ring is 1. The molecule has 0 aliphatic carbocycles. The number of nitrogens with zero attached hydrogens (tertiary/aromatic N) is 1. The Kier molecular flexibility index (Phi) is 11.0. The fourth-order valence-corrected chi connectivity index (χ4v) is 5.61. The second-order valence-corrected chi connectivity index (χ2v) is 11.6. The van der Waals surface area contributed by atoms with Crippen molar-refractivity contribution in [1.29, 1.82) is 0 Å². The van der Waals surface area contributed by atoms with Gasteiger partial charge in [-0.15, -0.1) is 0 Å². The molecule has 3 aromatic carbocycles. The molecule has 44 heavy (non-hydrogen) atoms. The Morgan fingerprint density at radius 2 is 1.61 bits per heavy atom. The standard InChI is InChI=1S/C34H42N4O6/c35-29-4-1-2-5-30(29)37-33(42)7-3-6-32(41)36-19-23-8-14-26(15-9-23)34-43-28(21-38-17-16-27(40)20-38)18-31(44-34)25-12-10-24(22-39)11-13-25/h1-2,4-5,8-15,27-28,31,34,39-40H,3,6-7,16-22,35H2,(H,36,41)(H,37,42). The minimum Gasteiger partial charge on any atom is -0.397 e. The van der Waals surface area contributed by atoms with Gasteiger partial charge in [0.25, 0.3) is 0 Å². The van der Waals surface area contributed by atoms with Gasteiger partial charge in [-0.1, -0.05) is 60.7 Å². The van der Waals surface area contributed by atoms with Crippen molar-refractivity contribution in [1.82, 2.24) is 10.2 Å². The maximum absolute atomic E-state index is 12.4. The molecule has 6 N–H and O–H groups in total. The number of rotatable bonds is 12. The van der Waals surface area contributed by atoms with E-state index < -0.39 is 6.29 Å². The number of likely N-dealkylation sites (tertiary alicyclic amines) is 1. The van der Waals surface area contributed by atoms with E-state index in [0.29, 0.717) is 43.9 Å². The Balaban J connectivity index is 1.12. The number of carbonyl (C=O) groups is 2. The average molecular weight is 603 g/mol. The third kappa shape index (κ3) is 8.87. The van der Waals surface area contributed by atoms with Crippen molar-refractivity contribution in [3.05, 3.63) is 95.1 Å². The molecule has 2 aliphatic heterocycles. The zero-order valence-electron chi connectivity index (χ0n) is 24.9. The highest BCUT2D eigenvalue weighted by Gasteiger charge is 2.34. The first-order valence-corrected chi connectivity index (χ1v) is 15.3. The van der Waals surface area contributed by atoms with Crippen LogP contribution in [0.2, 0.25) is 0 Å². The van der Waals surface area contributed by atoms with Gasteiger partial charge in [0.1, 0.15) is 0 Å². The summed E-state index contributed by atoms with van der Waals surface area (Å²) in [5.41, 5.74) is 10.6. The minimum atomic E-state index is -0.565. The number of aliphatic hydroxyl groups is 2. The van der Waals surface area contributed by atoms with E-state index in [0.717, 1.165) is 35.2 Å². The van der Waals surface area contributed by atoms with Crippen molar-refractivity contribution < 1.29 is 29.3 Å². The zero-order valence-corrected chi connectivity index (χ0v) is 24.9. The number of hydrogen-bond acceptors (Lipinski definition) is 8. The highest BCUT2D eigenvalue weighted by molar-refractivity contribution is 5.93. The maximum atomic E-state index is 12.4. The van der Waals surface area contributed by atoms with Crippen LogP contribution in [0.4, 0.5) is 11.4 Å². The van der Waals surface area contributed by atoms with Gasteiger partial charge in [0.2, 0.25) is 11.8 Å². The first kappa shape index (κ1) is 31.6. The Labute approximate surface area is 258 Å². The number of benzene rings is 3. The molecule has 0 radical (unpaired) electrons. The predicted octanol–water partition coefficient (Wildman–Crippen LogP) is 3.80. The molecule has 0 aromatic heterocycles. The number of ether oxygens (including phenoxy) is 2. The molecule has 0 spiro atoms. The van der Waals surface area contributed by atoms with Crippen molar-refractivity contribution in [2.45, 2.75) is 69.9 Å². The molecule has 2 fully saturated rings. The molecule has 0 bridgehead atoms. The summed E-state index contributed by atoms with van der Waals surface area (Å²) in [6, 6.07) is 22.7. The monoisotopic (exact) mass is 602 g/mol. The second kappa shape index (κ2) is 15.3. The Hall–Kier alpha value is -3.80. The second-order valence-electron chi connectivity index (χ2n) is 11.6. The van der Waals surface area contributed by atoms with E-state index in [2.05, 4.69) is 15.5 Å². The van der Waals surface area contributed by atoms with Crippen LogP contribution < -0.4 is 16.4 Å². The number of hydrogen-bond donors (Lipinski definition) is 5. The molecular formula is C34H42N4O6. The van der Waals surface area contributed by atoms with Gasteiger partial charge in [-0.3, -0.25) is 14.5 Å². The van der Waals surface area contributed by atoms with Crippen LogP contribution in [0.25, 0.3) is 0 Å². The van der Waals surface area contributed by atoms with Gasteiger partial charge in [-0.05, 0) is 41.7 Å². The SMILES string of the molecule is Nc1ccccc1NC(=O)CCCC(=O)NCc1ccc(C2OC(CN3CCC(O)C3)CC(c3ccc(CO)cc3)O2)cc1. The summed E-state index contributed by atoms with van der Waals surface area (Å²) in [6.07, 6.45) is 1.26. The summed E-state index contributed by atoms with van der Waals surface area (Å²) in [5.74, 6) is -0.298. The van der Waals surface area contributed by atoms with Gasteiger partial charge in [0, 0.05) is 51.0 Å². The van der Waals surface area contributed by atoms with Crippen LogP contribution in [0.15, 0.2) is 72.8 Å². The highest BCUT2D eigenvalue weighted by atomic mass is 16.7. The zero-order chi connectivity index (χ0) is 30.9. The summed E-state index contributed by atoms with van der Waals surface area (Å²) < 4.78 is 12.8. The third-order valence-corrected chi connectivity index (χ3v) is 8.11. The van der Waals surface area contributed by atoms with E-state index in [1.165, 1.54) is 0 Å². The van der Waals surface area contributed by atoms with Crippen LogP contribution in [0.1, 0.15) is 66.8 Å². The lowest BCUT2D eigenvalue weighted by Crippen LogP contribution is -2.38. The molecule has 2 saturated heterocycles. The fraction of sp³-hybridized carbons (Fsp3) is 0.412. The number of nitrogens with two attached hydrogens (primary N) is 1. The Morgan fingerprint density at radius 3 is 2.32 bits per heavy atom. The van der Waals surface area contributed by atoms with Crippen molar-refractivity contribution in [3.8, 4) is 0 Å². The number of β-amino-alcohol motifs (C(OH)–C–C–N with tert-alkyl or cyclic N) is 1. The average Bonchev–Trinajstić information content (AvgIpc) is 3.45. The number of amides is 2. The summed E-state index contributed by atoms with van der Waals surface area (Å²) in [7, 11) is 0. The van der Waals surface area contributed by atoms with Gasteiger partial charge in [0.05, 0.1) is 36.3 Å². The summed E-state index contributed by atoms with van der Waals surface area (Å²) in [6.45, 7) is 2.58. The highest BCUT2D eigenvalue weighted by Crippen LogP contribution is 2.38. The minimum absolute atomic E-state index is 0.00784. The molecule has 3 aromatic rings. The number of para-hydroxylation sites is 2. The van der Waals surface area contributed by atoms with Crippen molar-refractivity contribution in [2.24, 2.45) is 0 Å². The molecule has 5 rings (SSSR count). The van der Waals surface area contributed by atoms with Gasteiger partial charge >= 0.3 is 0 Å². The van der Waals surface area contributed by atoms with Gasteiger partial charge < -0.3 is 36.1 Å². The molecule has 2 aliphatic rings. The van der Waals surface area contributed by atoms with E-state index in [1.54, 1.807) is 24.3 Å². The van der Waals surface area contributed by atoms with Gasteiger partial charge in [0.15, 0.2) is 6.29 Å². The Morgan fingerprint density at radius 1 is 0.909 bits per heavy atom. The quantitative estimate of drug-likeness (QED) is 0.197. The van der Waals surface area contributed by atoms with Crippen LogP contribution in [-0.2, 0) is 32.2 Å². The molecule has 0 saturated carbocycles. The lowest BCUT2D eigenvalue weighted by Gasteiger charge is -2.37. The molecule has 234 valence electrons. The lowest BCUT2D eigenvalue weighted by atomic mass is 9.99. The van der Waals surface area contributed by atoms with Crippen molar-refractivity contribution >= 4 is 23.2 Å². The van der Waals surface area contributed by atoms with Gasteiger partial charge in [-0.25, -0.2) is 0 Å². The molecule has 4 unspecified atom stereocenters. The predicted molar refractivity (Wildman–Crippen MR) is 167 cm³/mol. The fourth-order valence-electron chi connectivity index (χ4n) is 5.61. The maximum Gasteiger partial charge on any atom is 0.224 e. The largest absolute Gasteiger partial charge is 0.397 e. The molecule has 2 heterocycles. The van der Waals surface area contributed by atoms with Crippen molar-refractivity contribution in [3.63, 3.8) is 0 Å². The van der Waals surface area contributed by atoms with E-state index >= 15 is 0 Å². The van der Waals surface area contributed by atoms with E-state index in [1.807, 2.05) is 48.5 Å². The summed E-state index contributed by atoms with van der Waals surface area (Å²) >= 11 is 0. The Bertz CT molecular complexity index is 1380. The van der Waals surface area contributed by atoms with E-state index in [4.69, 9.17) is 15.2 Å². The number of nitrogens with one attached hydrogen (secondary N) is 2. The molecule has 10 heteroatoms. The van der Waals surface area contributed by atoms with Crippen molar-refractivity contribution in [2.75, 3.05) is 30.7 Å². The topological polar surface area (TPSA) is 146 Å². The molecular weight excluding hydrogens is 560 g/mol. The van der Waals surface area contributed by atoms with Crippen LogP contribution in [0.3, 0.4) is 0 Å². The van der Waals surface area contributed by atoms with Gasteiger partial charge in [-0.2, -0.15) is 0 Å². The van der Waals surface area contributed by atoms with Crippen LogP contribution >= 0.6 is 0 Å². The van der Waals surface area contributed by atoms with Crippen LogP contribution in [-0.4, -0.2) is 58.8 Å². The summed E-state index contributed by atoms with van der Waals surface area (Å²) in [5, 5.41) is 25.1. The number of aliphatic hydroxyl groups excluding tert-OH is 2. The molecule has 2 amide bonds. The van der Waals surface area contributed by atoms with Crippen LogP contribution in [0.5, 0.6) is 0 Å². The summed E-state index contributed by atoms with van der Waals surface area (Å²) in [4.78, 5) is 26.8. The first-order chi connectivity index (χ1) is 21.4. The lowest BCUT2D eigenvalue weighted by molar-refractivity contribution is -0.252. The first-order valence-electron chi connectivity index (χ1n) is 15.3.